The predicted octanol–water partition coefficient (Wildman–Crippen LogP) is 5.89. The summed E-state index contributed by atoms with van der Waals surface area (Å²) in [6.07, 6.45) is -0.993. The van der Waals surface area contributed by atoms with Crippen LogP contribution in [0.2, 0.25) is 0 Å². The molecule has 3 nitrogen and oxygen atoms in total. The SMILES string of the molecule is O=C1C(Cl)=C(Cl)C2(O[C@H](C(=O)c3ccccc3)[C@H]2c2ccc(F)cc2)C(Cl)=C1Cl. The molecule has 2 aromatic rings. The van der Waals surface area contributed by atoms with E-state index in [9.17, 15) is 14.0 Å². The standard InChI is InChI=1S/C21H11Cl4FO3/c22-14-17(28)15(23)20(25)21(19(14)24)13(10-6-8-12(26)9-7-10)18(29-21)16(27)11-4-2-1-3-5-11/h1-9,13,18H/t13-,18+/m1/s1. The molecular weight excluding hydrogens is 461 g/mol. The second-order valence-electron chi connectivity index (χ2n) is 6.62. The highest BCUT2D eigenvalue weighted by Crippen LogP contribution is 2.61. The molecule has 1 heterocycles. The zero-order valence-corrected chi connectivity index (χ0v) is 17.5. The fourth-order valence-electron chi connectivity index (χ4n) is 3.63. The second kappa shape index (κ2) is 7.53. The van der Waals surface area contributed by atoms with Gasteiger partial charge in [-0.05, 0) is 17.7 Å². The van der Waals surface area contributed by atoms with Gasteiger partial charge in [-0.3, -0.25) is 9.59 Å². The third-order valence-corrected chi connectivity index (χ3v) is 6.89. The van der Waals surface area contributed by atoms with Gasteiger partial charge in [-0.25, -0.2) is 4.39 Å². The summed E-state index contributed by atoms with van der Waals surface area (Å²) in [5.41, 5.74) is -0.645. The molecule has 2 atom stereocenters. The zero-order chi connectivity index (χ0) is 20.9. The Morgan fingerprint density at radius 2 is 1.45 bits per heavy atom. The highest BCUT2D eigenvalue weighted by Gasteiger charge is 2.65. The van der Waals surface area contributed by atoms with Crippen LogP contribution in [-0.2, 0) is 9.53 Å². The van der Waals surface area contributed by atoms with Gasteiger partial charge >= 0.3 is 0 Å². The molecule has 29 heavy (non-hydrogen) atoms. The van der Waals surface area contributed by atoms with Crippen LogP contribution in [0.25, 0.3) is 0 Å². The minimum Gasteiger partial charge on any atom is -0.351 e. The van der Waals surface area contributed by atoms with E-state index in [1.165, 1.54) is 24.3 Å². The Hall–Kier alpha value is -1.69. The molecule has 1 aliphatic carbocycles. The van der Waals surface area contributed by atoms with E-state index in [4.69, 9.17) is 51.1 Å². The Bertz CT molecular complexity index is 1050. The summed E-state index contributed by atoms with van der Waals surface area (Å²) in [5, 5.41) is -0.993. The lowest BCUT2D eigenvalue weighted by Gasteiger charge is -2.55. The first-order valence-electron chi connectivity index (χ1n) is 8.47. The molecule has 2 aromatic carbocycles. The van der Waals surface area contributed by atoms with Gasteiger partial charge in [0.2, 0.25) is 5.78 Å². The van der Waals surface area contributed by atoms with Crippen molar-refractivity contribution in [1.82, 2.24) is 0 Å². The maximum atomic E-state index is 13.5. The molecule has 4 rings (SSSR count). The smallest absolute Gasteiger partial charge is 0.218 e. The molecular formula is C21H11Cl4FO3. The van der Waals surface area contributed by atoms with Crippen LogP contribution in [0, 0.1) is 5.82 Å². The van der Waals surface area contributed by atoms with Gasteiger partial charge in [0, 0.05) is 5.56 Å². The van der Waals surface area contributed by atoms with Crippen molar-refractivity contribution in [3.63, 3.8) is 0 Å². The molecule has 0 bridgehead atoms. The fourth-order valence-corrected chi connectivity index (χ4v) is 4.88. The first-order valence-corrected chi connectivity index (χ1v) is 9.99. The Morgan fingerprint density at radius 1 is 0.897 bits per heavy atom. The molecule has 1 fully saturated rings. The number of carbonyl (C=O) groups excluding carboxylic acids is 2. The summed E-state index contributed by atoms with van der Waals surface area (Å²) in [6, 6.07) is 14.0. The van der Waals surface area contributed by atoms with E-state index >= 15 is 0 Å². The number of halogens is 5. The molecule has 2 aliphatic rings. The van der Waals surface area contributed by atoms with Crippen molar-refractivity contribution in [2.24, 2.45) is 0 Å². The number of Topliss-reactive ketones (excluding diaryl/α,β-unsaturated/α-hetero) is 2. The molecule has 0 unspecified atom stereocenters. The van der Waals surface area contributed by atoms with Crippen molar-refractivity contribution < 1.29 is 18.7 Å². The summed E-state index contributed by atoms with van der Waals surface area (Å²) in [4.78, 5) is 25.3. The Balaban J connectivity index is 1.87. The second-order valence-corrected chi connectivity index (χ2v) is 8.13. The average molecular weight is 472 g/mol. The van der Waals surface area contributed by atoms with Crippen LogP contribution in [0.5, 0.6) is 0 Å². The summed E-state index contributed by atoms with van der Waals surface area (Å²) in [5.74, 6) is -2.27. The van der Waals surface area contributed by atoms with Gasteiger partial charge in [0.25, 0.3) is 0 Å². The van der Waals surface area contributed by atoms with E-state index in [0.717, 1.165) is 0 Å². The average Bonchev–Trinajstić information content (AvgIpc) is 2.72. The topological polar surface area (TPSA) is 43.4 Å². The molecule has 8 heteroatoms. The van der Waals surface area contributed by atoms with Crippen molar-refractivity contribution in [3.05, 3.63) is 91.7 Å². The number of allylic oxidation sites excluding steroid dienone is 2. The largest absolute Gasteiger partial charge is 0.351 e. The first kappa shape index (κ1) is 20.6. The number of rotatable bonds is 3. The lowest BCUT2D eigenvalue weighted by Crippen LogP contribution is -2.63. The van der Waals surface area contributed by atoms with Gasteiger partial charge in [0.1, 0.15) is 22.0 Å². The zero-order valence-electron chi connectivity index (χ0n) is 14.5. The summed E-state index contributed by atoms with van der Waals surface area (Å²) in [6.45, 7) is 0. The predicted molar refractivity (Wildman–Crippen MR) is 110 cm³/mol. The number of carbonyl (C=O) groups is 2. The fraction of sp³-hybridized carbons (Fsp3) is 0.143. The van der Waals surface area contributed by atoms with Crippen molar-refractivity contribution in [1.29, 1.82) is 0 Å². The van der Waals surface area contributed by atoms with Gasteiger partial charge in [0.15, 0.2) is 11.4 Å². The quantitative estimate of drug-likeness (QED) is 0.524. The third-order valence-electron chi connectivity index (χ3n) is 5.04. The van der Waals surface area contributed by atoms with Crippen LogP contribution in [0.1, 0.15) is 21.8 Å². The molecule has 0 saturated carbocycles. The maximum Gasteiger partial charge on any atom is 0.218 e. The van der Waals surface area contributed by atoms with Crippen molar-refractivity contribution in [2.45, 2.75) is 17.6 Å². The Morgan fingerprint density at radius 3 is 2.00 bits per heavy atom. The number of ether oxygens (including phenoxy) is 1. The molecule has 1 aliphatic heterocycles. The molecule has 1 spiro atoms. The van der Waals surface area contributed by atoms with Crippen LogP contribution >= 0.6 is 46.4 Å². The summed E-state index contributed by atoms with van der Waals surface area (Å²) >= 11 is 25.0. The third kappa shape index (κ3) is 3.06. The van der Waals surface area contributed by atoms with Crippen LogP contribution in [0.3, 0.4) is 0 Å². The van der Waals surface area contributed by atoms with Crippen LogP contribution in [0.15, 0.2) is 74.7 Å². The molecule has 0 radical (unpaired) electrons. The van der Waals surface area contributed by atoms with Crippen LogP contribution in [-0.4, -0.2) is 23.3 Å². The van der Waals surface area contributed by atoms with Crippen LogP contribution < -0.4 is 0 Å². The maximum absolute atomic E-state index is 13.5. The molecule has 0 N–H and O–H groups in total. The minimum absolute atomic E-state index is 0.162. The lowest BCUT2D eigenvalue weighted by molar-refractivity contribution is -0.156. The monoisotopic (exact) mass is 470 g/mol. The first-order chi connectivity index (χ1) is 13.8. The number of benzene rings is 2. The van der Waals surface area contributed by atoms with E-state index in [1.807, 2.05) is 0 Å². The van der Waals surface area contributed by atoms with Gasteiger partial charge in [-0.15, -0.1) is 0 Å². The summed E-state index contributed by atoms with van der Waals surface area (Å²) < 4.78 is 19.5. The van der Waals surface area contributed by atoms with E-state index < -0.39 is 29.2 Å². The van der Waals surface area contributed by atoms with Crippen molar-refractivity contribution in [3.8, 4) is 0 Å². The van der Waals surface area contributed by atoms with Gasteiger partial charge in [-0.1, -0.05) is 88.9 Å². The highest BCUT2D eigenvalue weighted by atomic mass is 35.5. The highest BCUT2D eigenvalue weighted by molar-refractivity contribution is 6.61. The number of hydrogen-bond donors (Lipinski definition) is 0. The molecule has 148 valence electrons. The number of ketones is 2. The Kier molecular flexibility index (Phi) is 5.34. The van der Waals surface area contributed by atoms with Crippen LogP contribution in [0.4, 0.5) is 4.39 Å². The normalized spacial score (nSPS) is 23.4. The van der Waals surface area contributed by atoms with Gasteiger partial charge in [0.05, 0.1) is 16.0 Å². The molecule has 1 saturated heterocycles. The van der Waals surface area contributed by atoms with Gasteiger partial charge < -0.3 is 4.74 Å². The van der Waals surface area contributed by atoms with Gasteiger partial charge in [-0.2, -0.15) is 0 Å². The van der Waals surface area contributed by atoms with Crippen molar-refractivity contribution >= 4 is 58.0 Å². The summed E-state index contributed by atoms with van der Waals surface area (Å²) in [7, 11) is 0. The lowest BCUT2D eigenvalue weighted by atomic mass is 9.68. The number of hydrogen-bond acceptors (Lipinski definition) is 3. The van der Waals surface area contributed by atoms with E-state index in [2.05, 4.69) is 0 Å². The van der Waals surface area contributed by atoms with E-state index in [0.29, 0.717) is 11.1 Å². The molecule has 0 aromatic heterocycles. The Labute approximate surface area is 185 Å². The van der Waals surface area contributed by atoms with E-state index in [-0.39, 0.29) is 25.9 Å². The molecule has 0 amide bonds. The van der Waals surface area contributed by atoms with E-state index in [1.54, 1.807) is 30.3 Å². The van der Waals surface area contributed by atoms with Crippen molar-refractivity contribution in [2.75, 3.05) is 0 Å². The minimum atomic E-state index is -1.60.